The Kier molecular flexibility index (Phi) is 84.9. The van der Waals surface area contributed by atoms with E-state index >= 15 is 0 Å². The Bertz CT molecular complexity index is 137. The zero-order valence-corrected chi connectivity index (χ0v) is 16.5. The van der Waals surface area contributed by atoms with Crippen molar-refractivity contribution in [3.05, 3.63) is 13.3 Å². The molecule has 0 aromatic heterocycles. The van der Waals surface area contributed by atoms with E-state index in [9.17, 15) is 4.79 Å². The van der Waals surface area contributed by atoms with Gasteiger partial charge in [0.15, 0.2) is 0 Å². The molecule has 0 heterocycles. The molecule has 0 aromatic carbocycles. The second-order valence-corrected chi connectivity index (χ2v) is 1.17. The molecule has 0 aliphatic heterocycles. The van der Waals surface area contributed by atoms with E-state index in [2.05, 4.69) is 17.8 Å². The van der Waals surface area contributed by atoms with Crippen molar-refractivity contribution in [3.63, 3.8) is 0 Å². The molecular formula is C8H10NOWYZn-. The number of hydrogen-bond donors (Lipinski definition) is 0. The number of nitrogens with zero attached hydrogens (tertiary/aromatic N) is 1. The maximum Gasteiger partial charge on any atom is 2.00 e. The van der Waals surface area contributed by atoms with Gasteiger partial charge in [0.2, 0.25) is 0 Å². The van der Waals surface area contributed by atoms with Crippen LogP contribution < -0.4 is 0 Å². The van der Waals surface area contributed by atoms with Crippen molar-refractivity contribution >= 4 is 12.5 Å². The molecule has 13 heavy (non-hydrogen) atoms. The molecule has 5 heteroatoms. The summed E-state index contributed by atoms with van der Waals surface area (Å²) in [5.41, 5.74) is 0. The Morgan fingerprint density at radius 2 is 2.08 bits per heavy atom. The minimum Gasteiger partial charge on any atom is -0.696 e. The van der Waals surface area contributed by atoms with Crippen molar-refractivity contribution in [3.8, 4) is 5.92 Å². The van der Waals surface area contributed by atoms with Gasteiger partial charge < -0.3 is 29.1 Å². The molecule has 0 N–H and O–H groups in total. The molecule has 2 nitrogen and oxygen atoms in total. The van der Waals surface area contributed by atoms with Crippen LogP contribution in [0, 0.1) is 19.3 Å². The summed E-state index contributed by atoms with van der Waals surface area (Å²) in [4.78, 5) is 12.9. The number of hydrogen-bond acceptors (Lipinski definition) is 2. The van der Waals surface area contributed by atoms with E-state index < -0.39 is 0 Å². The topological polar surface area (TPSA) is 29.4 Å². The van der Waals surface area contributed by atoms with Crippen LogP contribution in [0.1, 0.15) is 13.3 Å². The molecule has 0 bridgehead atoms. The van der Waals surface area contributed by atoms with E-state index in [0.29, 0.717) is 6.42 Å². The first kappa shape index (κ1) is 29.2. The van der Waals surface area contributed by atoms with Crippen LogP contribution in [0.15, 0.2) is 4.99 Å². The molecule has 0 atom stereocenters. The van der Waals surface area contributed by atoms with Crippen molar-refractivity contribution in [1.29, 1.82) is 0 Å². The molecule has 0 rings (SSSR count). The fourth-order valence-corrected chi connectivity index (χ4v) is 0.129. The van der Waals surface area contributed by atoms with Crippen LogP contribution in [0.5, 0.6) is 0 Å². The zero-order valence-electron chi connectivity index (χ0n) is 7.75. The van der Waals surface area contributed by atoms with Gasteiger partial charge in [-0.05, 0) is 13.1 Å². The minimum absolute atomic E-state index is 0. The van der Waals surface area contributed by atoms with E-state index in [0.717, 1.165) is 0 Å². The molecule has 0 aliphatic rings. The molecule has 0 saturated carbocycles. The minimum atomic E-state index is 0. The standard InChI is InChI=1S/C4H6NO.C4H4.W.Y.Zn/c1-2-5-3-4-6;1-3-4-2;;;/h2H,3H2,1H3;1,3H2;;;/q-1;-2;;;+2. The van der Waals surface area contributed by atoms with Crippen LogP contribution in [0.4, 0.5) is 0 Å². The number of rotatable bonds is 2. The van der Waals surface area contributed by atoms with E-state index in [1.54, 1.807) is 19.4 Å². The molecule has 0 aromatic rings. The summed E-state index contributed by atoms with van der Waals surface area (Å²) in [6.07, 6.45) is 9.82. The predicted molar refractivity (Wildman–Crippen MR) is 41.8 cm³/mol. The van der Waals surface area contributed by atoms with E-state index in [1.807, 2.05) is 0 Å². The quantitative estimate of drug-likeness (QED) is 0.254. The van der Waals surface area contributed by atoms with Crippen molar-refractivity contribution in [2.75, 3.05) is 6.54 Å². The molecular weight excluding hydrogens is 464 g/mol. The third-order valence-corrected chi connectivity index (χ3v) is 0.463. The van der Waals surface area contributed by atoms with Gasteiger partial charge in [-0.2, -0.15) is 6.42 Å². The Morgan fingerprint density at radius 3 is 2.15 bits per heavy atom. The van der Waals surface area contributed by atoms with Crippen molar-refractivity contribution in [2.45, 2.75) is 13.3 Å². The van der Waals surface area contributed by atoms with Gasteiger partial charge in [0.1, 0.15) is 0 Å². The van der Waals surface area contributed by atoms with Crippen LogP contribution in [0.25, 0.3) is 0 Å². The fraction of sp³-hybridized carbons (Fsp3) is 0.375. The van der Waals surface area contributed by atoms with E-state index in [1.165, 1.54) is 0 Å². The van der Waals surface area contributed by atoms with E-state index in [4.69, 9.17) is 6.42 Å². The summed E-state index contributed by atoms with van der Waals surface area (Å²) in [5.74, 6) is 2.07. The van der Waals surface area contributed by atoms with Gasteiger partial charge >= 0.3 is 19.5 Å². The summed E-state index contributed by atoms with van der Waals surface area (Å²) in [7, 11) is 0. The molecule has 0 saturated heterocycles. The van der Waals surface area contributed by atoms with Gasteiger partial charge in [-0.1, -0.05) is 6.54 Å². The predicted octanol–water partition coefficient (Wildman–Crippen LogP) is 0.980. The van der Waals surface area contributed by atoms with Crippen LogP contribution in [-0.4, -0.2) is 19.0 Å². The van der Waals surface area contributed by atoms with Crippen molar-refractivity contribution in [1.82, 2.24) is 0 Å². The summed E-state index contributed by atoms with van der Waals surface area (Å²) >= 11 is 0. The summed E-state index contributed by atoms with van der Waals surface area (Å²) in [6, 6.07) is 0. The second-order valence-electron chi connectivity index (χ2n) is 1.17. The first-order valence-electron chi connectivity index (χ1n) is 2.81. The fourth-order valence-electron chi connectivity index (χ4n) is 0.129. The Balaban J connectivity index is -0.0000000279. The molecule has 1 radical (unpaired) electrons. The van der Waals surface area contributed by atoms with Gasteiger partial charge in [0.25, 0.3) is 0 Å². The SMILES string of the molecule is CC=NC[C-]=O.[C-]#CC[CH2-].[W].[Y].[Zn+2]. The van der Waals surface area contributed by atoms with E-state index in [-0.39, 0.29) is 79.8 Å². The molecule has 0 fully saturated rings. The first-order chi connectivity index (χ1) is 4.83. The molecule has 0 amide bonds. The van der Waals surface area contributed by atoms with Crippen LogP contribution in [0.3, 0.4) is 0 Å². The van der Waals surface area contributed by atoms with Crippen molar-refractivity contribution in [2.24, 2.45) is 4.99 Å². The molecule has 65 valence electrons. The van der Waals surface area contributed by atoms with Gasteiger partial charge in [-0.25, -0.2) is 6.29 Å². The Labute approximate surface area is 133 Å². The first-order valence-corrected chi connectivity index (χ1v) is 2.81. The summed E-state index contributed by atoms with van der Waals surface area (Å²) < 4.78 is 0. The van der Waals surface area contributed by atoms with Gasteiger partial charge in [0.05, 0.1) is 0 Å². The third-order valence-electron chi connectivity index (χ3n) is 0.463. The van der Waals surface area contributed by atoms with Gasteiger partial charge in [-0.15, -0.1) is 0 Å². The Morgan fingerprint density at radius 1 is 1.69 bits per heavy atom. The van der Waals surface area contributed by atoms with Gasteiger partial charge in [0, 0.05) is 53.8 Å². The third kappa shape index (κ3) is 60.3. The normalized spacial score (nSPS) is 5.92. The van der Waals surface area contributed by atoms with Crippen LogP contribution in [0.2, 0.25) is 0 Å². The average Bonchev–Trinajstić information content (AvgIpc) is 2.01. The molecule has 0 spiro atoms. The van der Waals surface area contributed by atoms with Crippen molar-refractivity contribution < 1.29 is 78.0 Å². The molecule has 0 unspecified atom stereocenters. The van der Waals surface area contributed by atoms with Crippen LogP contribution in [-0.2, 0) is 78.0 Å². The summed E-state index contributed by atoms with van der Waals surface area (Å²) in [5, 5.41) is 0. The average molecular weight is 474 g/mol. The Hall–Kier alpha value is 1.32. The van der Waals surface area contributed by atoms with Gasteiger partial charge in [-0.3, -0.25) is 0 Å². The smallest absolute Gasteiger partial charge is 0.696 e. The maximum absolute atomic E-state index is 9.32. The largest absolute Gasteiger partial charge is 2.00 e. The number of carbonyl (C=O) groups excluding carboxylic acids is 1. The zero-order chi connectivity index (χ0) is 8.24. The number of aliphatic imine (C=N–C) groups is 1. The van der Waals surface area contributed by atoms with Crippen LogP contribution >= 0.6 is 0 Å². The maximum atomic E-state index is 9.32. The monoisotopic (exact) mass is 473 g/mol. The molecule has 0 aliphatic carbocycles. The second kappa shape index (κ2) is 37.7. The summed E-state index contributed by atoms with van der Waals surface area (Å²) in [6.45, 7) is 5.24.